The number of piperazine rings is 1. The van der Waals surface area contributed by atoms with Crippen molar-refractivity contribution in [3.63, 3.8) is 0 Å². The lowest BCUT2D eigenvalue weighted by molar-refractivity contribution is 0.102. The van der Waals surface area contributed by atoms with Crippen molar-refractivity contribution < 1.29 is 4.79 Å². The minimum atomic E-state index is -0.157. The maximum atomic E-state index is 13.4. The van der Waals surface area contributed by atoms with Gasteiger partial charge < -0.3 is 19.7 Å². The summed E-state index contributed by atoms with van der Waals surface area (Å²) in [4.78, 5) is 26.6. The van der Waals surface area contributed by atoms with Crippen LogP contribution >= 0.6 is 0 Å². The number of amides is 1. The zero-order valence-electron chi connectivity index (χ0n) is 18.3. The molecule has 7 heteroatoms. The van der Waals surface area contributed by atoms with Gasteiger partial charge in [0.2, 0.25) is 0 Å². The summed E-state index contributed by atoms with van der Waals surface area (Å²) < 4.78 is 1.85. The summed E-state index contributed by atoms with van der Waals surface area (Å²) in [5.74, 6) is -0.157. The molecule has 7 nitrogen and oxygen atoms in total. The first-order chi connectivity index (χ1) is 15.6. The number of aryl methyl sites for hydroxylation is 1. The van der Waals surface area contributed by atoms with Crippen LogP contribution in [0.25, 0.3) is 16.5 Å². The molecular formula is C25H26N6O. The number of hydrogen-bond acceptors (Lipinski definition) is 5. The lowest BCUT2D eigenvalue weighted by atomic mass is 10.1. The third kappa shape index (κ3) is 3.83. The van der Waals surface area contributed by atoms with Crippen LogP contribution in [0.2, 0.25) is 0 Å². The largest absolute Gasteiger partial charge is 0.368 e. The molecule has 0 radical (unpaired) electrons. The zero-order chi connectivity index (χ0) is 22.1. The second kappa shape index (κ2) is 8.43. The Bertz CT molecular complexity index is 1260. The summed E-state index contributed by atoms with van der Waals surface area (Å²) in [5, 5.41) is 5.17. The Hall–Kier alpha value is -3.71. The van der Waals surface area contributed by atoms with Crippen molar-refractivity contribution in [3.05, 3.63) is 78.6 Å². The average molecular weight is 427 g/mol. The molecule has 162 valence electrons. The van der Waals surface area contributed by atoms with E-state index in [4.69, 9.17) is 0 Å². The summed E-state index contributed by atoms with van der Waals surface area (Å²) in [7, 11) is 2.15. The molecule has 2 aromatic heterocycles. The molecule has 2 aromatic carbocycles. The molecule has 1 amide bonds. The second-order valence-electron chi connectivity index (χ2n) is 8.29. The topological polar surface area (TPSA) is 66.3 Å². The van der Waals surface area contributed by atoms with E-state index in [1.165, 1.54) is 5.69 Å². The number of nitrogens with zero attached hydrogens (tertiary/aromatic N) is 5. The zero-order valence-corrected chi connectivity index (χ0v) is 18.3. The Morgan fingerprint density at radius 3 is 2.53 bits per heavy atom. The fourth-order valence-corrected chi connectivity index (χ4v) is 4.25. The first-order valence-electron chi connectivity index (χ1n) is 10.8. The number of anilines is 2. The number of hydrogen-bond donors (Lipinski definition) is 1. The van der Waals surface area contributed by atoms with Crippen LogP contribution in [0, 0.1) is 6.92 Å². The summed E-state index contributed by atoms with van der Waals surface area (Å²) in [6.45, 7) is 6.03. The maximum absolute atomic E-state index is 13.4. The van der Waals surface area contributed by atoms with E-state index in [1.807, 2.05) is 60.4 Å². The number of carbonyl (C=O) groups excluding carboxylic acids is 1. The first-order valence-corrected chi connectivity index (χ1v) is 10.8. The Morgan fingerprint density at radius 2 is 1.75 bits per heavy atom. The molecule has 0 saturated carbocycles. The van der Waals surface area contributed by atoms with Gasteiger partial charge in [0, 0.05) is 67.4 Å². The van der Waals surface area contributed by atoms with Gasteiger partial charge in [0.1, 0.15) is 0 Å². The number of fused-ring (bicyclic) bond motifs is 1. The summed E-state index contributed by atoms with van der Waals surface area (Å²) in [6, 6.07) is 12.0. The molecule has 0 atom stereocenters. The molecule has 1 N–H and O–H groups in total. The molecule has 1 fully saturated rings. The van der Waals surface area contributed by atoms with E-state index in [0.29, 0.717) is 5.56 Å². The van der Waals surface area contributed by atoms with Crippen LogP contribution in [0.5, 0.6) is 0 Å². The van der Waals surface area contributed by atoms with Crippen LogP contribution in [0.1, 0.15) is 15.9 Å². The quantitative estimate of drug-likeness (QED) is 0.539. The first kappa shape index (κ1) is 20.2. The number of pyridine rings is 1. The predicted octanol–water partition coefficient (Wildman–Crippen LogP) is 3.73. The number of nitrogens with one attached hydrogen (secondary N) is 1. The van der Waals surface area contributed by atoms with E-state index in [1.54, 1.807) is 12.5 Å². The number of carbonyl (C=O) groups is 1. The number of imidazole rings is 1. The number of likely N-dealkylation sites (N-methyl/N-ethyl adjacent to an activating group) is 1. The number of aromatic nitrogens is 3. The van der Waals surface area contributed by atoms with Crippen molar-refractivity contribution >= 4 is 28.1 Å². The Morgan fingerprint density at radius 1 is 0.938 bits per heavy atom. The highest BCUT2D eigenvalue weighted by atomic mass is 16.1. The Labute approximate surface area is 187 Å². The molecule has 0 aliphatic carbocycles. The minimum absolute atomic E-state index is 0.157. The van der Waals surface area contributed by atoms with Gasteiger partial charge in [0.05, 0.1) is 23.3 Å². The Balaban J connectivity index is 1.50. The lowest BCUT2D eigenvalue weighted by Gasteiger charge is -2.34. The van der Waals surface area contributed by atoms with Gasteiger partial charge >= 0.3 is 0 Å². The standard InChI is InChI=1S/C25H26N6O/c1-18-3-5-24(31-10-9-27-17-31)20(15-18)25(32)28-22-4-6-23(19-7-8-26-16-21(19)22)30-13-11-29(2)12-14-30/h3-10,15-17H,11-14H2,1-2H3,(H,28,32). The van der Waals surface area contributed by atoms with Gasteiger partial charge in [-0.3, -0.25) is 9.78 Å². The van der Waals surface area contributed by atoms with E-state index >= 15 is 0 Å². The second-order valence-corrected chi connectivity index (χ2v) is 8.29. The molecule has 0 unspecified atom stereocenters. The Kier molecular flexibility index (Phi) is 5.33. The summed E-state index contributed by atoms with van der Waals surface area (Å²) in [6.07, 6.45) is 8.89. The molecule has 3 heterocycles. The molecule has 4 aromatic rings. The molecule has 1 aliphatic rings. The molecule has 0 spiro atoms. The fourth-order valence-electron chi connectivity index (χ4n) is 4.25. The normalized spacial score (nSPS) is 14.6. The highest BCUT2D eigenvalue weighted by molar-refractivity contribution is 6.12. The molecule has 0 bridgehead atoms. The van der Waals surface area contributed by atoms with Gasteiger partial charge in [-0.15, -0.1) is 0 Å². The molecule has 1 aliphatic heterocycles. The SMILES string of the molecule is Cc1ccc(-n2ccnc2)c(C(=O)Nc2ccc(N3CCN(C)CC3)c3ccncc23)c1. The van der Waals surface area contributed by atoms with E-state index in [9.17, 15) is 4.79 Å². The van der Waals surface area contributed by atoms with Crippen LogP contribution in [0.15, 0.2) is 67.5 Å². The van der Waals surface area contributed by atoms with Crippen molar-refractivity contribution in [2.24, 2.45) is 0 Å². The van der Waals surface area contributed by atoms with Gasteiger partial charge in [0.25, 0.3) is 5.91 Å². The monoisotopic (exact) mass is 426 g/mol. The minimum Gasteiger partial charge on any atom is -0.368 e. The van der Waals surface area contributed by atoms with Gasteiger partial charge in [0.15, 0.2) is 0 Å². The van der Waals surface area contributed by atoms with E-state index in [0.717, 1.165) is 53.9 Å². The van der Waals surface area contributed by atoms with E-state index in [2.05, 4.69) is 38.2 Å². The van der Waals surface area contributed by atoms with Crippen molar-refractivity contribution in [3.8, 4) is 5.69 Å². The van der Waals surface area contributed by atoms with Crippen molar-refractivity contribution in [2.75, 3.05) is 43.4 Å². The highest BCUT2D eigenvalue weighted by Crippen LogP contribution is 2.33. The highest BCUT2D eigenvalue weighted by Gasteiger charge is 2.19. The molecular weight excluding hydrogens is 400 g/mol. The van der Waals surface area contributed by atoms with Crippen LogP contribution in [0.4, 0.5) is 11.4 Å². The average Bonchev–Trinajstić information content (AvgIpc) is 3.35. The van der Waals surface area contributed by atoms with Gasteiger partial charge in [-0.1, -0.05) is 11.6 Å². The number of rotatable bonds is 4. The van der Waals surface area contributed by atoms with Gasteiger partial charge in [-0.25, -0.2) is 4.98 Å². The maximum Gasteiger partial charge on any atom is 0.257 e. The smallest absolute Gasteiger partial charge is 0.257 e. The third-order valence-corrected chi connectivity index (χ3v) is 6.07. The fraction of sp³-hybridized carbons (Fsp3) is 0.240. The lowest BCUT2D eigenvalue weighted by Crippen LogP contribution is -2.44. The number of benzene rings is 2. The predicted molar refractivity (Wildman–Crippen MR) is 128 cm³/mol. The van der Waals surface area contributed by atoms with Crippen LogP contribution in [-0.2, 0) is 0 Å². The van der Waals surface area contributed by atoms with Crippen LogP contribution in [-0.4, -0.2) is 58.6 Å². The van der Waals surface area contributed by atoms with Crippen LogP contribution < -0.4 is 10.2 Å². The summed E-state index contributed by atoms with van der Waals surface area (Å²) in [5.41, 5.74) is 4.36. The molecule has 32 heavy (non-hydrogen) atoms. The van der Waals surface area contributed by atoms with Crippen LogP contribution in [0.3, 0.4) is 0 Å². The van der Waals surface area contributed by atoms with E-state index < -0.39 is 0 Å². The van der Waals surface area contributed by atoms with E-state index in [-0.39, 0.29) is 5.91 Å². The third-order valence-electron chi connectivity index (χ3n) is 6.07. The molecule has 1 saturated heterocycles. The van der Waals surface area contributed by atoms with Crippen molar-refractivity contribution in [1.82, 2.24) is 19.4 Å². The molecule has 5 rings (SSSR count). The summed E-state index contributed by atoms with van der Waals surface area (Å²) >= 11 is 0. The van der Waals surface area contributed by atoms with Crippen molar-refractivity contribution in [2.45, 2.75) is 6.92 Å². The van der Waals surface area contributed by atoms with Gasteiger partial charge in [-0.05, 0) is 44.3 Å². The van der Waals surface area contributed by atoms with Crippen molar-refractivity contribution in [1.29, 1.82) is 0 Å². The van der Waals surface area contributed by atoms with Gasteiger partial charge in [-0.2, -0.15) is 0 Å².